The highest BCUT2D eigenvalue weighted by Crippen LogP contribution is 2.40. The Labute approximate surface area is 153 Å². The maximum Gasteiger partial charge on any atom is 0.101 e. The van der Waals surface area contributed by atoms with Crippen LogP contribution < -0.4 is 10.2 Å². The summed E-state index contributed by atoms with van der Waals surface area (Å²) >= 11 is 0. The maximum atomic E-state index is 2.49. The summed E-state index contributed by atoms with van der Waals surface area (Å²) in [6, 6.07) is 22.9. The van der Waals surface area contributed by atoms with Gasteiger partial charge < -0.3 is 10.2 Å². The summed E-state index contributed by atoms with van der Waals surface area (Å²) in [6.07, 6.45) is 2.56. The van der Waals surface area contributed by atoms with E-state index in [2.05, 4.69) is 86.9 Å². The van der Waals surface area contributed by atoms with Crippen LogP contribution in [0.1, 0.15) is 37.8 Å². The van der Waals surface area contributed by atoms with Crippen molar-refractivity contribution in [2.75, 3.05) is 20.1 Å². The van der Waals surface area contributed by atoms with Crippen LogP contribution in [0.5, 0.6) is 0 Å². The average molecular weight is 339 g/mol. The van der Waals surface area contributed by atoms with Gasteiger partial charge in [-0.05, 0) is 12.5 Å². The molecule has 0 spiro atoms. The van der Waals surface area contributed by atoms with Gasteiger partial charge >= 0.3 is 0 Å². The number of likely N-dealkylation sites (tertiary alicyclic amines) is 1. The highest BCUT2D eigenvalue weighted by molar-refractivity contribution is 5.27. The maximum absolute atomic E-state index is 2.49. The number of hydrogen-bond donors (Lipinski definition) is 2. The second-order valence-electron chi connectivity index (χ2n) is 8.10. The molecule has 1 heterocycles. The first-order chi connectivity index (χ1) is 12.1. The van der Waals surface area contributed by atoms with Crippen LogP contribution in [0.15, 0.2) is 60.7 Å². The van der Waals surface area contributed by atoms with E-state index >= 15 is 0 Å². The number of piperidine rings is 1. The molecule has 1 unspecified atom stereocenters. The number of nitrogens with two attached hydrogens (primary N) is 1. The molecule has 2 aromatic rings. The Bertz CT molecular complexity index is 640. The van der Waals surface area contributed by atoms with E-state index in [4.69, 9.17) is 0 Å². The summed E-state index contributed by atoms with van der Waals surface area (Å²) in [5, 5.41) is 2.49. The molecule has 4 atom stereocenters. The van der Waals surface area contributed by atoms with E-state index in [1.54, 1.807) is 10.5 Å². The first kappa shape index (κ1) is 18.2. The smallest absolute Gasteiger partial charge is 0.101 e. The van der Waals surface area contributed by atoms with Crippen LogP contribution in [0.25, 0.3) is 0 Å². The van der Waals surface area contributed by atoms with Gasteiger partial charge in [0.1, 0.15) is 6.54 Å². The second-order valence-corrected chi connectivity index (χ2v) is 8.10. The molecule has 1 saturated heterocycles. The highest BCUT2D eigenvalue weighted by atomic mass is 15.1. The summed E-state index contributed by atoms with van der Waals surface area (Å²) in [4.78, 5) is 1.69. The molecule has 1 fully saturated rings. The van der Waals surface area contributed by atoms with E-state index in [1.807, 2.05) is 0 Å². The summed E-state index contributed by atoms with van der Waals surface area (Å²) in [5.74, 6) is 0.719. The lowest BCUT2D eigenvalue weighted by atomic mass is 9.63. The predicted octanol–water partition coefficient (Wildman–Crippen LogP) is 2.02. The van der Waals surface area contributed by atoms with E-state index < -0.39 is 0 Å². The molecule has 0 aliphatic carbocycles. The predicted molar refractivity (Wildman–Crippen MR) is 105 cm³/mol. The molecule has 2 nitrogen and oxygen atoms in total. The summed E-state index contributed by atoms with van der Waals surface area (Å²) in [7, 11) is 2.36. The van der Waals surface area contributed by atoms with Crippen molar-refractivity contribution in [1.29, 1.82) is 0 Å². The minimum absolute atomic E-state index is 0.327. The van der Waals surface area contributed by atoms with Gasteiger partial charge in [-0.3, -0.25) is 0 Å². The third-order valence-corrected chi connectivity index (χ3v) is 6.45. The Balaban J connectivity index is 1.71. The van der Waals surface area contributed by atoms with Crippen molar-refractivity contribution in [2.24, 2.45) is 5.92 Å². The fraction of sp³-hybridized carbons (Fsp3) is 0.478. The van der Waals surface area contributed by atoms with Gasteiger partial charge in [-0.1, -0.05) is 67.6 Å². The topological polar surface area (TPSA) is 21.1 Å². The highest BCUT2D eigenvalue weighted by Gasteiger charge is 2.46. The number of quaternary nitrogens is 2. The van der Waals surface area contributed by atoms with Crippen molar-refractivity contribution in [2.45, 2.75) is 44.7 Å². The third-order valence-electron chi connectivity index (χ3n) is 6.45. The Morgan fingerprint density at radius 2 is 1.64 bits per heavy atom. The van der Waals surface area contributed by atoms with Gasteiger partial charge in [0.25, 0.3) is 0 Å². The molecule has 0 amide bonds. The Kier molecular flexibility index (Phi) is 5.93. The lowest BCUT2D eigenvalue weighted by molar-refractivity contribution is -0.915. The monoisotopic (exact) mass is 338 g/mol. The van der Waals surface area contributed by atoms with Crippen molar-refractivity contribution < 1.29 is 10.2 Å². The molecule has 134 valence electrons. The first-order valence-electron chi connectivity index (χ1n) is 9.85. The van der Waals surface area contributed by atoms with Gasteiger partial charge in [0.15, 0.2) is 0 Å². The fourth-order valence-corrected chi connectivity index (χ4v) is 4.71. The van der Waals surface area contributed by atoms with E-state index in [9.17, 15) is 0 Å². The molecule has 0 radical (unpaired) electrons. The summed E-state index contributed by atoms with van der Waals surface area (Å²) < 4.78 is 0. The zero-order valence-electron chi connectivity index (χ0n) is 16.0. The van der Waals surface area contributed by atoms with Crippen molar-refractivity contribution >= 4 is 0 Å². The number of rotatable bonds is 6. The molecule has 2 aromatic carbocycles. The fourth-order valence-electron chi connectivity index (χ4n) is 4.71. The van der Waals surface area contributed by atoms with E-state index in [0.29, 0.717) is 5.41 Å². The minimum atomic E-state index is 0.327. The summed E-state index contributed by atoms with van der Waals surface area (Å²) in [5.41, 5.74) is 3.30. The van der Waals surface area contributed by atoms with Crippen LogP contribution in [0.3, 0.4) is 0 Å². The molecular weight excluding hydrogens is 304 g/mol. The Morgan fingerprint density at radius 3 is 2.32 bits per heavy atom. The lowest BCUT2D eigenvalue weighted by Gasteiger charge is -2.47. The molecular formula is C23H34N2+2. The van der Waals surface area contributed by atoms with E-state index in [0.717, 1.165) is 18.5 Å². The first-order valence-corrected chi connectivity index (χ1v) is 9.85. The number of benzene rings is 2. The molecule has 0 aromatic heterocycles. The SMILES string of the molecule is C[C@@H]1C[NH+](C)[C@@H](C)C[C@]1(CC[NH2+]Cc1ccccc1)c1ccccc1. The second kappa shape index (κ2) is 8.16. The van der Waals surface area contributed by atoms with E-state index in [1.165, 1.54) is 31.5 Å². The Hall–Kier alpha value is -1.64. The standard InChI is InChI=1S/C23H32N2/c1-19-18-25(3)20(2)16-23(19,22-12-8-5-9-13-22)14-15-24-17-21-10-6-4-7-11-21/h4-13,19-20,24H,14-18H2,1-3H3/p+2/t19-,20+,23+/m1/s1. The lowest BCUT2D eigenvalue weighted by Crippen LogP contribution is -3.15. The average Bonchev–Trinajstić information content (AvgIpc) is 2.64. The molecule has 0 bridgehead atoms. The van der Waals surface area contributed by atoms with Gasteiger partial charge in [-0.2, -0.15) is 0 Å². The van der Waals surface area contributed by atoms with Crippen LogP contribution >= 0.6 is 0 Å². The van der Waals surface area contributed by atoms with Gasteiger partial charge in [-0.25, -0.2) is 0 Å². The molecule has 1 aliphatic rings. The third kappa shape index (κ3) is 4.13. The zero-order valence-corrected chi connectivity index (χ0v) is 16.0. The molecule has 3 N–H and O–H groups in total. The molecule has 3 rings (SSSR count). The molecule has 2 heteroatoms. The van der Waals surface area contributed by atoms with Crippen LogP contribution in [-0.4, -0.2) is 26.2 Å². The van der Waals surface area contributed by atoms with Gasteiger partial charge in [-0.15, -0.1) is 0 Å². The van der Waals surface area contributed by atoms with Crippen LogP contribution in [0, 0.1) is 5.92 Å². The van der Waals surface area contributed by atoms with Gasteiger partial charge in [0.2, 0.25) is 0 Å². The van der Waals surface area contributed by atoms with Gasteiger partial charge in [0.05, 0.1) is 26.2 Å². The quantitative estimate of drug-likeness (QED) is 0.752. The number of hydrogen-bond acceptors (Lipinski definition) is 0. The van der Waals surface area contributed by atoms with Crippen LogP contribution in [0.4, 0.5) is 0 Å². The largest absolute Gasteiger partial charge is 0.342 e. The van der Waals surface area contributed by atoms with E-state index in [-0.39, 0.29) is 0 Å². The zero-order chi connectivity index (χ0) is 17.7. The van der Waals surface area contributed by atoms with Crippen molar-refractivity contribution in [3.05, 3.63) is 71.8 Å². The Morgan fingerprint density at radius 1 is 1.00 bits per heavy atom. The van der Waals surface area contributed by atoms with Crippen molar-refractivity contribution in [3.8, 4) is 0 Å². The summed E-state index contributed by atoms with van der Waals surface area (Å²) in [6.45, 7) is 8.45. The van der Waals surface area contributed by atoms with Crippen LogP contribution in [0.2, 0.25) is 0 Å². The number of nitrogens with one attached hydrogen (secondary N) is 1. The van der Waals surface area contributed by atoms with Crippen molar-refractivity contribution in [1.82, 2.24) is 0 Å². The minimum Gasteiger partial charge on any atom is -0.342 e. The molecule has 0 saturated carbocycles. The normalized spacial score (nSPS) is 29.5. The molecule has 1 aliphatic heterocycles. The molecule has 25 heavy (non-hydrogen) atoms. The van der Waals surface area contributed by atoms with Crippen molar-refractivity contribution in [3.63, 3.8) is 0 Å². The van der Waals surface area contributed by atoms with Crippen LogP contribution in [-0.2, 0) is 12.0 Å². The van der Waals surface area contributed by atoms with Gasteiger partial charge in [0, 0.05) is 29.7 Å².